The van der Waals surface area contributed by atoms with E-state index in [4.69, 9.17) is 11.6 Å². The molecule has 0 heterocycles. The predicted molar refractivity (Wildman–Crippen MR) is 64.2 cm³/mol. The zero-order chi connectivity index (χ0) is 13.8. The third kappa shape index (κ3) is 4.06. The van der Waals surface area contributed by atoms with Crippen molar-refractivity contribution in [3.63, 3.8) is 0 Å². The maximum absolute atomic E-state index is 12.6. The van der Waals surface area contributed by atoms with Crippen LogP contribution in [0.25, 0.3) is 0 Å². The summed E-state index contributed by atoms with van der Waals surface area (Å²) in [6.07, 6.45) is -4.07. The van der Waals surface area contributed by atoms with Crippen molar-refractivity contribution in [1.29, 1.82) is 0 Å². The first-order valence-corrected chi connectivity index (χ1v) is 6.42. The van der Waals surface area contributed by atoms with Crippen LogP contribution in [0.2, 0.25) is 0 Å². The van der Waals surface area contributed by atoms with Crippen LogP contribution in [0.4, 0.5) is 18.9 Å². The molecule has 0 aliphatic rings. The summed E-state index contributed by atoms with van der Waals surface area (Å²) in [5.41, 5.74) is -2.15. The average molecular weight is 300 g/mol. The van der Waals surface area contributed by atoms with E-state index in [1.54, 1.807) is 0 Å². The van der Waals surface area contributed by atoms with Crippen molar-refractivity contribution >= 4 is 29.1 Å². The molecule has 0 unspecified atom stereocenters. The minimum absolute atomic E-state index is 0.345. The Morgan fingerprint density at radius 1 is 1.39 bits per heavy atom. The summed E-state index contributed by atoms with van der Waals surface area (Å²) in [6, 6.07) is 3.00. The Balaban J connectivity index is 3.02. The van der Waals surface area contributed by atoms with E-state index in [0.717, 1.165) is 12.1 Å². The van der Waals surface area contributed by atoms with E-state index in [2.05, 4.69) is 0 Å². The molecule has 0 saturated carbocycles. The van der Waals surface area contributed by atoms with Gasteiger partial charge in [-0.1, -0.05) is 0 Å². The highest BCUT2D eigenvalue weighted by molar-refractivity contribution is 7.99. The van der Waals surface area contributed by atoms with E-state index in [-0.39, 0.29) is 0 Å². The van der Waals surface area contributed by atoms with Crippen molar-refractivity contribution in [3.8, 4) is 0 Å². The molecule has 8 heteroatoms. The van der Waals surface area contributed by atoms with Gasteiger partial charge in [0.25, 0.3) is 5.69 Å². The van der Waals surface area contributed by atoms with E-state index < -0.39 is 22.4 Å². The molecule has 0 bridgehead atoms. The van der Waals surface area contributed by atoms with Crippen molar-refractivity contribution < 1.29 is 18.1 Å². The lowest BCUT2D eigenvalue weighted by Gasteiger charge is -2.09. The summed E-state index contributed by atoms with van der Waals surface area (Å²) in [5.74, 6) is 0.991. The van der Waals surface area contributed by atoms with Crippen molar-refractivity contribution in [1.82, 2.24) is 0 Å². The molecule has 18 heavy (non-hydrogen) atoms. The van der Waals surface area contributed by atoms with Gasteiger partial charge >= 0.3 is 6.18 Å². The van der Waals surface area contributed by atoms with Crippen LogP contribution in [0, 0.1) is 10.1 Å². The third-order valence-electron chi connectivity index (χ3n) is 2.02. The molecule has 0 amide bonds. The van der Waals surface area contributed by atoms with Crippen LogP contribution in [0.1, 0.15) is 12.0 Å². The first-order valence-electron chi connectivity index (χ1n) is 4.90. The standard InChI is InChI=1S/C10H9ClF3NO2S/c11-4-1-5-18-7-2-3-9(15(16)17)8(6-7)10(12,13)14/h2-3,6H,1,4-5H2. The number of benzene rings is 1. The van der Waals surface area contributed by atoms with Gasteiger partial charge in [-0.05, 0) is 24.3 Å². The van der Waals surface area contributed by atoms with Gasteiger partial charge in [-0.2, -0.15) is 13.2 Å². The summed E-state index contributed by atoms with van der Waals surface area (Å²) < 4.78 is 37.9. The van der Waals surface area contributed by atoms with Crippen LogP contribution in [-0.2, 0) is 6.18 Å². The number of halogens is 4. The normalized spacial score (nSPS) is 11.6. The van der Waals surface area contributed by atoms with Crippen LogP contribution in [0.15, 0.2) is 23.1 Å². The van der Waals surface area contributed by atoms with E-state index in [9.17, 15) is 23.3 Å². The minimum atomic E-state index is -4.73. The van der Waals surface area contributed by atoms with Gasteiger partial charge < -0.3 is 0 Å². The molecular weight excluding hydrogens is 291 g/mol. The fourth-order valence-corrected chi connectivity index (χ4v) is 2.42. The van der Waals surface area contributed by atoms with Crippen LogP contribution in [0.3, 0.4) is 0 Å². The molecule has 100 valence electrons. The smallest absolute Gasteiger partial charge is 0.258 e. The number of thioether (sulfide) groups is 1. The highest BCUT2D eigenvalue weighted by Crippen LogP contribution is 2.38. The molecule has 0 spiro atoms. The summed E-state index contributed by atoms with van der Waals surface area (Å²) in [7, 11) is 0. The Morgan fingerprint density at radius 3 is 2.56 bits per heavy atom. The Morgan fingerprint density at radius 2 is 2.06 bits per heavy atom. The largest absolute Gasteiger partial charge is 0.423 e. The number of nitrogens with zero attached hydrogens (tertiary/aromatic N) is 1. The second-order valence-corrected chi connectivity index (χ2v) is 4.87. The first-order chi connectivity index (χ1) is 8.36. The van der Waals surface area contributed by atoms with Gasteiger partial charge in [0.05, 0.1) is 4.92 Å². The SMILES string of the molecule is O=[N+]([O-])c1ccc(SCCCCl)cc1C(F)(F)F. The lowest BCUT2D eigenvalue weighted by atomic mass is 10.2. The quantitative estimate of drug-likeness (QED) is 0.267. The van der Waals surface area contributed by atoms with Crippen molar-refractivity contribution in [2.45, 2.75) is 17.5 Å². The Bertz CT molecular complexity index is 440. The molecular formula is C10H9ClF3NO2S. The Hall–Kier alpha value is -0.950. The topological polar surface area (TPSA) is 43.1 Å². The maximum Gasteiger partial charge on any atom is 0.423 e. The summed E-state index contributed by atoms with van der Waals surface area (Å²) in [4.78, 5) is 9.84. The van der Waals surface area contributed by atoms with Gasteiger partial charge in [0.2, 0.25) is 0 Å². The van der Waals surface area contributed by atoms with E-state index in [0.29, 0.717) is 22.9 Å². The number of hydrogen-bond donors (Lipinski definition) is 0. The Labute approximate surface area is 110 Å². The lowest BCUT2D eigenvalue weighted by molar-refractivity contribution is -0.388. The van der Waals surface area contributed by atoms with Crippen molar-refractivity contribution in [3.05, 3.63) is 33.9 Å². The number of rotatable bonds is 5. The van der Waals surface area contributed by atoms with Crippen LogP contribution in [0.5, 0.6) is 0 Å². The van der Waals surface area contributed by atoms with Crippen molar-refractivity contribution in [2.24, 2.45) is 0 Å². The summed E-state index contributed by atoms with van der Waals surface area (Å²) in [6.45, 7) is 0. The molecule has 1 aromatic rings. The van der Waals surface area contributed by atoms with Gasteiger partial charge in [-0.25, -0.2) is 0 Å². The molecule has 1 rings (SSSR count). The first kappa shape index (κ1) is 15.1. The van der Waals surface area contributed by atoms with E-state index in [1.165, 1.54) is 17.8 Å². The molecule has 0 radical (unpaired) electrons. The van der Waals surface area contributed by atoms with Gasteiger partial charge in [0.1, 0.15) is 5.56 Å². The molecule has 0 N–H and O–H groups in total. The number of hydrogen-bond acceptors (Lipinski definition) is 3. The third-order valence-corrected chi connectivity index (χ3v) is 3.36. The fourth-order valence-electron chi connectivity index (χ4n) is 1.24. The van der Waals surface area contributed by atoms with Crippen LogP contribution < -0.4 is 0 Å². The maximum atomic E-state index is 12.6. The molecule has 0 aliphatic heterocycles. The van der Waals surface area contributed by atoms with Gasteiger partial charge in [0, 0.05) is 16.8 Å². The highest BCUT2D eigenvalue weighted by Gasteiger charge is 2.38. The number of nitro benzene ring substituents is 1. The second-order valence-electron chi connectivity index (χ2n) is 3.32. The average Bonchev–Trinajstić information content (AvgIpc) is 2.28. The van der Waals surface area contributed by atoms with Crippen LogP contribution in [-0.4, -0.2) is 16.6 Å². The van der Waals surface area contributed by atoms with E-state index in [1.807, 2.05) is 0 Å². The molecule has 0 aromatic heterocycles. The molecule has 0 saturated heterocycles. The van der Waals surface area contributed by atoms with Gasteiger partial charge in [-0.15, -0.1) is 23.4 Å². The number of alkyl halides is 4. The monoisotopic (exact) mass is 299 g/mol. The molecule has 0 aliphatic carbocycles. The molecule has 1 aromatic carbocycles. The molecule has 0 fully saturated rings. The van der Waals surface area contributed by atoms with Gasteiger partial charge in [-0.3, -0.25) is 10.1 Å². The Kier molecular flexibility index (Phi) is 5.28. The van der Waals surface area contributed by atoms with Crippen molar-refractivity contribution in [2.75, 3.05) is 11.6 Å². The zero-order valence-corrected chi connectivity index (χ0v) is 10.6. The second kappa shape index (κ2) is 6.29. The summed E-state index contributed by atoms with van der Waals surface area (Å²) >= 11 is 6.64. The van der Waals surface area contributed by atoms with Gasteiger partial charge in [0.15, 0.2) is 0 Å². The highest BCUT2D eigenvalue weighted by atomic mass is 35.5. The number of nitro groups is 1. The fraction of sp³-hybridized carbons (Fsp3) is 0.400. The van der Waals surface area contributed by atoms with E-state index >= 15 is 0 Å². The molecule has 0 atom stereocenters. The zero-order valence-electron chi connectivity index (χ0n) is 9.04. The van der Waals surface area contributed by atoms with Crippen LogP contribution >= 0.6 is 23.4 Å². The molecule has 3 nitrogen and oxygen atoms in total. The minimum Gasteiger partial charge on any atom is -0.258 e. The lowest BCUT2D eigenvalue weighted by Crippen LogP contribution is -2.09. The summed E-state index contributed by atoms with van der Waals surface area (Å²) in [5, 5.41) is 10.5. The predicted octanol–water partition coefficient (Wildman–Crippen LogP) is 4.33.